The van der Waals surface area contributed by atoms with Gasteiger partial charge in [0, 0.05) is 26.2 Å². The third-order valence-corrected chi connectivity index (χ3v) is 4.35. The summed E-state index contributed by atoms with van der Waals surface area (Å²) in [6.07, 6.45) is 4.18. The minimum absolute atomic E-state index is 0.0264. The molecule has 0 bridgehead atoms. The largest absolute Gasteiger partial charge is 0.480 e. The van der Waals surface area contributed by atoms with Gasteiger partial charge in [0.15, 0.2) is 0 Å². The number of carbonyl (C=O) groups excluding carboxylic acids is 1. The Balaban J connectivity index is 1.91. The van der Waals surface area contributed by atoms with E-state index in [9.17, 15) is 14.7 Å². The molecule has 5 nitrogen and oxygen atoms in total. The molecule has 1 heterocycles. The van der Waals surface area contributed by atoms with Crippen LogP contribution in [0.1, 0.15) is 39.0 Å². The van der Waals surface area contributed by atoms with Crippen molar-refractivity contribution in [3.05, 3.63) is 0 Å². The topological polar surface area (TPSA) is 66.8 Å². The zero-order chi connectivity index (χ0) is 13.8. The van der Waals surface area contributed by atoms with Crippen LogP contribution in [0.25, 0.3) is 0 Å². The molecular formula is C14H23NO4. The standard InChI is InChI=1S/C14H23NO4/c1-2-19-8-4-7-12(16)15-9-10-5-3-6-11(10)13(15)14(17)18/h10-11,13H,2-9H2,1H3,(H,17,18). The van der Waals surface area contributed by atoms with Crippen LogP contribution in [0.15, 0.2) is 0 Å². The van der Waals surface area contributed by atoms with Gasteiger partial charge in [-0.25, -0.2) is 4.79 Å². The van der Waals surface area contributed by atoms with E-state index in [0.717, 1.165) is 19.3 Å². The van der Waals surface area contributed by atoms with Gasteiger partial charge in [-0.1, -0.05) is 6.42 Å². The lowest BCUT2D eigenvalue weighted by atomic mass is 9.94. The van der Waals surface area contributed by atoms with Crippen molar-refractivity contribution in [1.82, 2.24) is 4.90 Å². The van der Waals surface area contributed by atoms with Crippen LogP contribution in [0.4, 0.5) is 0 Å². The fraction of sp³-hybridized carbons (Fsp3) is 0.857. The number of aliphatic carboxylic acids is 1. The molecule has 1 saturated carbocycles. The molecule has 0 aromatic carbocycles. The molecular weight excluding hydrogens is 246 g/mol. The third kappa shape index (κ3) is 3.08. The number of nitrogens with zero attached hydrogens (tertiary/aromatic N) is 1. The minimum Gasteiger partial charge on any atom is -0.480 e. The van der Waals surface area contributed by atoms with Gasteiger partial charge in [0.1, 0.15) is 6.04 Å². The van der Waals surface area contributed by atoms with Crippen LogP contribution in [0.5, 0.6) is 0 Å². The Morgan fingerprint density at radius 3 is 2.84 bits per heavy atom. The fourth-order valence-corrected chi connectivity index (χ4v) is 3.49. The normalized spacial score (nSPS) is 29.5. The van der Waals surface area contributed by atoms with Crippen LogP contribution >= 0.6 is 0 Å². The maximum atomic E-state index is 12.2. The highest BCUT2D eigenvalue weighted by atomic mass is 16.5. The number of likely N-dealkylation sites (tertiary alicyclic amines) is 1. The van der Waals surface area contributed by atoms with Crippen LogP contribution in [0.2, 0.25) is 0 Å². The molecule has 3 atom stereocenters. The Morgan fingerprint density at radius 1 is 1.37 bits per heavy atom. The molecule has 1 aliphatic heterocycles. The van der Waals surface area contributed by atoms with Crippen LogP contribution in [-0.4, -0.2) is 47.7 Å². The van der Waals surface area contributed by atoms with E-state index in [1.165, 1.54) is 0 Å². The summed E-state index contributed by atoms with van der Waals surface area (Å²) in [6, 6.07) is -0.591. The van der Waals surface area contributed by atoms with E-state index >= 15 is 0 Å². The van der Waals surface area contributed by atoms with Crippen LogP contribution in [-0.2, 0) is 14.3 Å². The first-order valence-corrected chi connectivity index (χ1v) is 7.25. The maximum absolute atomic E-state index is 12.2. The van der Waals surface area contributed by atoms with Gasteiger partial charge < -0.3 is 14.7 Å². The molecule has 108 valence electrons. The van der Waals surface area contributed by atoms with Crippen molar-refractivity contribution in [3.8, 4) is 0 Å². The number of hydrogen-bond donors (Lipinski definition) is 1. The Labute approximate surface area is 113 Å². The molecule has 0 spiro atoms. The molecule has 2 rings (SSSR count). The predicted octanol–water partition coefficient (Wildman–Crippen LogP) is 1.51. The molecule has 1 amide bonds. The summed E-state index contributed by atoms with van der Waals surface area (Å²) in [5.41, 5.74) is 0. The molecule has 3 unspecified atom stereocenters. The molecule has 1 saturated heterocycles. The number of carbonyl (C=O) groups is 2. The Hall–Kier alpha value is -1.10. The van der Waals surface area contributed by atoms with E-state index in [2.05, 4.69) is 0 Å². The van der Waals surface area contributed by atoms with Crippen molar-refractivity contribution in [2.24, 2.45) is 11.8 Å². The van der Waals surface area contributed by atoms with Gasteiger partial charge in [-0.15, -0.1) is 0 Å². The first-order valence-electron chi connectivity index (χ1n) is 7.25. The number of hydrogen-bond acceptors (Lipinski definition) is 3. The summed E-state index contributed by atoms with van der Waals surface area (Å²) < 4.78 is 5.21. The van der Waals surface area contributed by atoms with Crippen LogP contribution in [0, 0.1) is 11.8 Å². The summed E-state index contributed by atoms with van der Waals surface area (Å²) in [5, 5.41) is 9.37. The van der Waals surface area contributed by atoms with Gasteiger partial charge in [0.2, 0.25) is 5.91 Å². The second-order valence-electron chi connectivity index (χ2n) is 5.48. The van der Waals surface area contributed by atoms with Gasteiger partial charge in [0.05, 0.1) is 0 Å². The van der Waals surface area contributed by atoms with Gasteiger partial charge in [-0.3, -0.25) is 4.79 Å². The van der Waals surface area contributed by atoms with Crippen molar-refractivity contribution in [1.29, 1.82) is 0 Å². The number of rotatable bonds is 6. The molecule has 0 aromatic heterocycles. The fourth-order valence-electron chi connectivity index (χ4n) is 3.49. The van der Waals surface area contributed by atoms with Crippen molar-refractivity contribution in [2.45, 2.75) is 45.1 Å². The zero-order valence-corrected chi connectivity index (χ0v) is 11.5. The molecule has 2 aliphatic rings. The van der Waals surface area contributed by atoms with Gasteiger partial charge >= 0.3 is 5.97 Å². The monoisotopic (exact) mass is 269 g/mol. The average molecular weight is 269 g/mol. The molecule has 0 aromatic rings. The van der Waals surface area contributed by atoms with E-state index in [4.69, 9.17) is 4.74 Å². The summed E-state index contributed by atoms with van der Waals surface area (Å²) in [6.45, 7) is 3.78. The van der Waals surface area contributed by atoms with Gasteiger partial charge in [-0.05, 0) is 38.0 Å². The second-order valence-corrected chi connectivity index (χ2v) is 5.48. The Bertz CT molecular complexity index is 344. The number of amides is 1. The number of fused-ring (bicyclic) bond motifs is 1. The first kappa shape index (κ1) is 14.3. The Morgan fingerprint density at radius 2 is 2.16 bits per heavy atom. The molecule has 1 N–H and O–H groups in total. The highest BCUT2D eigenvalue weighted by Gasteiger charge is 2.49. The minimum atomic E-state index is -0.840. The lowest BCUT2D eigenvalue weighted by Gasteiger charge is -2.24. The third-order valence-electron chi connectivity index (χ3n) is 4.35. The number of carboxylic acids is 1. The highest BCUT2D eigenvalue weighted by molar-refractivity contribution is 5.84. The maximum Gasteiger partial charge on any atom is 0.326 e. The summed E-state index contributed by atoms with van der Waals surface area (Å²) in [4.78, 5) is 25.2. The SMILES string of the molecule is CCOCCCC(=O)N1CC2CCCC2C1C(=O)O. The summed E-state index contributed by atoms with van der Waals surface area (Å²) in [7, 11) is 0. The zero-order valence-electron chi connectivity index (χ0n) is 11.5. The molecule has 0 radical (unpaired) electrons. The van der Waals surface area contributed by atoms with Crippen molar-refractivity contribution in [3.63, 3.8) is 0 Å². The lowest BCUT2D eigenvalue weighted by molar-refractivity contribution is -0.149. The van der Waals surface area contributed by atoms with Crippen molar-refractivity contribution in [2.75, 3.05) is 19.8 Å². The van der Waals surface area contributed by atoms with E-state index in [0.29, 0.717) is 38.5 Å². The van der Waals surface area contributed by atoms with Crippen molar-refractivity contribution >= 4 is 11.9 Å². The number of carboxylic acid groups (broad SMARTS) is 1. The lowest BCUT2D eigenvalue weighted by Crippen LogP contribution is -2.43. The van der Waals surface area contributed by atoms with Crippen LogP contribution < -0.4 is 0 Å². The highest BCUT2D eigenvalue weighted by Crippen LogP contribution is 2.42. The molecule has 1 aliphatic carbocycles. The smallest absolute Gasteiger partial charge is 0.326 e. The summed E-state index contributed by atoms with van der Waals surface area (Å²) >= 11 is 0. The second kappa shape index (κ2) is 6.37. The van der Waals surface area contributed by atoms with Gasteiger partial charge in [-0.2, -0.15) is 0 Å². The first-order chi connectivity index (χ1) is 9.15. The van der Waals surface area contributed by atoms with E-state index < -0.39 is 12.0 Å². The van der Waals surface area contributed by atoms with Crippen LogP contribution in [0.3, 0.4) is 0 Å². The van der Waals surface area contributed by atoms with Gasteiger partial charge in [0.25, 0.3) is 0 Å². The quantitative estimate of drug-likeness (QED) is 0.742. The number of ether oxygens (including phenoxy) is 1. The predicted molar refractivity (Wildman–Crippen MR) is 69.7 cm³/mol. The van der Waals surface area contributed by atoms with E-state index in [1.54, 1.807) is 4.90 Å². The average Bonchev–Trinajstić information content (AvgIpc) is 2.93. The molecule has 2 fully saturated rings. The van der Waals surface area contributed by atoms with Crippen molar-refractivity contribution < 1.29 is 19.4 Å². The summed E-state index contributed by atoms with van der Waals surface area (Å²) in [5.74, 6) is -0.292. The Kier molecular flexibility index (Phi) is 4.80. The van der Waals surface area contributed by atoms with E-state index in [-0.39, 0.29) is 11.8 Å². The van der Waals surface area contributed by atoms with E-state index in [1.807, 2.05) is 6.92 Å². The molecule has 19 heavy (non-hydrogen) atoms. The molecule has 5 heteroatoms.